The maximum absolute atomic E-state index is 11.0. The summed E-state index contributed by atoms with van der Waals surface area (Å²) in [6.07, 6.45) is 8.27. The molecule has 0 radical (unpaired) electrons. The van der Waals surface area contributed by atoms with Gasteiger partial charge >= 0.3 is 0 Å². The first-order chi connectivity index (χ1) is 10.6. The molecule has 1 aromatic heterocycles. The first-order valence-corrected chi connectivity index (χ1v) is 8.58. The van der Waals surface area contributed by atoms with Gasteiger partial charge in [-0.05, 0) is 57.1 Å². The van der Waals surface area contributed by atoms with Gasteiger partial charge in [-0.1, -0.05) is 6.92 Å². The number of pyridine rings is 1. The molecule has 3 rings (SSSR count). The van der Waals surface area contributed by atoms with Crippen molar-refractivity contribution in [3.05, 3.63) is 23.9 Å². The van der Waals surface area contributed by atoms with Gasteiger partial charge in [-0.25, -0.2) is 4.98 Å². The molecule has 0 spiro atoms. The molecule has 1 N–H and O–H groups in total. The van der Waals surface area contributed by atoms with Crippen LogP contribution in [-0.4, -0.2) is 41.2 Å². The molecule has 1 aromatic rings. The molecular weight excluding hydrogens is 276 g/mol. The van der Waals surface area contributed by atoms with Crippen molar-refractivity contribution in [3.63, 3.8) is 0 Å². The Labute approximate surface area is 133 Å². The number of aliphatic hydroxyl groups is 1. The average Bonchev–Trinajstić information content (AvgIpc) is 2.55. The van der Waals surface area contributed by atoms with Crippen LogP contribution in [-0.2, 0) is 5.60 Å². The molecule has 1 aliphatic carbocycles. The molecule has 4 nitrogen and oxygen atoms in total. The Morgan fingerprint density at radius 3 is 2.64 bits per heavy atom. The van der Waals surface area contributed by atoms with Crippen LogP contribution in [0.4, 0.5) is 0 Å². The lowest BCUT2D eigenvalue weighted by Gasteiger charge is -2.43. The summed E-state index contributed by atoms with van der Waals surface area (Å²) in [4.78, 5) is 6.90. The minimum atomic E-state index is -0.711. The molecule has 1 atom stereocenters. The number of likely N-dealkylation sites (tertiary alicyclic amines) is 1. The van der Waals surface area contributed by atoms with Crippen molar-refractivity contribution in [2.75, 3.05) is 20.2 Å². The topological polar surface area (TPSA) is 45.6 Å². The fourth-order valence-electron chi connectivity index (χ4n) is 4.07. The highest BCUT2D eigenvalue weighted by Crippen LogP contribution is 2.39. The molecule has 22 heavy (non-hydrogen) atoms. The van der Waals surface area contributed by atoms with E-state index in [1.165, 1.54) is 25.9 Å². The normalized spacial score (nSPS) is 33.6. The van der Waals surface area contributed by atoms with E-state index in [9.17, 15) is 5.11 Å². The number of nitrogens with zero attached hydrogens (tertiary/aromatic N) is 2. The van der Waals surface area contributed by atoms with Gasteiger partial charge in [0.1, 0.15) is 0 Å². The van der Waals surface area contributed by atoms with E-state index in [4.69, 9.17) is 4.74 Å². The minimum absolute atomic E-state index is 0.600. The molecule has 122 valence electrons. The van der Waals surface area contributed by atoms with Gasteiger partial charge < -0.3 is 14.7 Å². The van der Waals surface area contributed by atoms with E-state index in [-0.39, 0.29) is 0 Å². The van der Waals surface area contributed by atoms with Crippen molar-refractivity contribution in [2.45, 2.75) is 57.1 Å². The van der Waals surface area contributed by atoms with Crippen molar-refractivity contribution >= 4 is 0 Å². The highest BCUT2D eigenvalue weighted by Gasteiger charge is 2.37. The van der Waals surface area contributed by atoms with E-state index >= 15 is 0 Å². The maximum Gasteiger partial charge on any atom is 0.212 e. The summed E-state index contributed by atoms with van der Waals surface area (Å²) < 4.78 is 5.10. The third-order valence-electron chi connectivity index (χ3n) is 5.47. The second-order valence-corrected chi connectivity index (χ2v) is 7.09. The Morgan fingerprint density at radius 2 is 2.05 bits per heavy atom. The molecule has 0 bridgehead atoms. The largest absolute Gasteiger partial charge is 0.481 e. The summed E-state index contributed by atoms with van der Waals surface area (Å²) in [7, 11) is 1.61. The lowest BCUT2D eigenvalue weighted by molar-refractivity contribution is -0.0304. The van der Waals surface area contributed by atoms with Crippen LogP contribution in [0.15, 0.2) is 18.3 Å². The fraction of sp³-hybridized carbons (Fsp3) is 0.722. The van der Waals surface area contributed by atoms with Crippen LogP contribution >= 0.6 is 0 Å². The van der Waals surface area contributed by atoms with Gasteiger partial charge in [0.15, 0.2) is 0 Å². The molecule has 2 fully saturated rings. The Balaban J connectivity index is 1.62. The highest BCUT2D eigenvalue weighted by atomic mass is 16.5. The van der Waals surface area contributed by atoms with Crippen LogP contribution in [0, 0.1) is 5.92 Å². The molecule has 2 heterocycles. The first kappa shape index (κ1) is 15.8. The Kier molecular flexibility index (Phi) is 4.69. The van der Waals surface area contributed by atoms with Crippen molar-refractivity contribution in [2.24, 2.45) is 5.92 Å². The monoisotopic (exact) mass is 304 g/mol. The smallest absolute Gasteiger partial charge is 0.212 e. The van der Waals surface area contributed by atoms with E-state index in [0.29, 0.717) is 11.9 Å². The molecule has 1 saturated heterocycles. The van der Waals surface area contributed by atoms with Gasteiger partial charge in [0.25, 0.3) is 0 Å². The molecule has 4 heteroatoms. The Bertz CT molecular complexity index is 480. The van der Waals surface area contributed by atoms with Crippen LogP contribution in [0.2, 0.25) is 0 Å². The summed E-state index contributed by atoms with van der Waals surface area (Å²) in [5, 5.41) is 11.0. The summed E-state index contributed by atoms with van der Waals surface area (Å²) in [6.45, 7) is 4.82. The third kappa shape index (κ3) is 3.28. The number of piperidine rings is 1. The van der Waals surface area contributed by atoms with Crippen molar-refractivity contribution in [1.82, 2.24) is 9.88 Å². The molecular formula is C18H28N2O2. The summed E-state index contributed by atoms with van der Waals surface area (Å²) >= 11 is 0. The number of rotatable bonds is 3. The Morgan fingerprint density at radius 1 is 1.27 bits per heavy atom. The number of ether oxygens (including phenoxy) is 1. The van der Waals surface area contributed by atoms with Crippen LogP contribution < -0.4 is 4.74 Å². The molecule has 0 aromatic carbocycles. The number of hydrogen-bond acceptors (Lipinski definition) is 4. The third-order valence-corrected chi connectivity index (χ3v) is 5.47. The second kappa shape index (κ2) is 6.55. The van der Waals surface area contributed by atoms with Crippen LogP contribution in [0.1, 0.15) is 51.0 Å². The van der Waals surface area contributed by atoms with Gasteiger partial charge in [0.05, 0.1) is 12.7 Å². The average molecular weight is 304 g/mol. The maximum atomic E-state index is 11.0. The second-order valence-electron chi connectivity index (χ2n) is 7.09. The van der Waals surface area contributed by atoms with Gasteiger partial charge in [0.2, 0.25) is 5.88 Å². The van der Waals surface area contributed by atoms with Gasteiger partial charge in [-0.3, -0.25) is 0 Å². The van der Waals surface area contributed by atoms with Gasteiger partial charge in [-0.2, -0.15) is 0 Å². The molecule has 0 amide bonds. The summed E-state index contributed by atoms with van der Waals surface area (Å²) in [6, 6.07) is 4.44. The van der Waals surface area contributed by atoms with E-state index in [1.54, 1.807) is 13.3 Å². The van der Waals surface area contributed by atoms with E-state index in [2.05, 4.69) is 16.8 Å². The zero-order valence-corrected chi connectivity index (χ0v) is 13.8. The van der Waals surface area contributed by atoms with E-state index < -0.39 is 5.60 Å². The molecule has 1 unspecified atom stereocenters. The number of hydrogen-bond donors (Lipinski definition) is 1. The quantitative estimate of drug-likeness (QED) is 0.932. The summed E-state index contributed by atoms with van der Waals surface area (Å²) in [5.41, 5.74) is 0.218. The number of aromatic nitrogens is 1. The minimum Gasteiger partial charge on any atom is -0.481 e. The summed E-state index contributed by atoms with van der Waals surface area (Å²) in [5.74, 6) is 1.42. The first-order valence-electron chi connectivity index (χ1n) is 8.58. The zero-order valence-electron chi connectivity index (χ0n) is 13.8. The molecule has 1 aliphatic heterocycles. The predicted octanol–water partition coefficient (Wildman–Crippen LogP) is 2.95. The van der Waals surface area contributed by atoms with E-state index in [1.807, 2.05) is 12.1 Å². The van der Waals surface area contributed by atoms with Crippen molar-refractivity contribution < 1.29 is 9.84 Å². The standard InChI is InChI=1S/C18H28N2O2/c1-14-4-3-11-20(13-14)16-7-9-18(21,10-8-16)15-5-6-17(22-2)19-12-15/h5-6,12,14,16,21H,3-4,7-11,13H2,1-2H3. The Hall–Kier alpha value is -1.13. The lowest BCUT2D eigenvalue weighted by Crippen LogP contribution is -2.46. The van der Waals surface area contributed by atoms with Crippen molar-refractivity contribution in [3.8, 4) is 5.88 Å². The highest BCUT2D eigenvalue weighted by molar-refractivity contribution is 5.24. The fourth-order valence-corrected chi connectivity index (χ4v) is 4.07. The predicted molar refractivity (Wildman–Crippen MR) is 86.9 cm³/mol. The van der Waals surface area contributed by atoms with Gasteiger partial charge in [0, 0.05) is 30.4 Å². The van der Waals surface area contributed by atoms with Gasteiger partial charge in [-0.15, -0.1) is 0 Å². The van der Waals surface area contributed by atoms with E-state index in [0.717, 1.165) is 37.2 Å². The SMILES string of the molecule is COc1ccc(C2(O)CCC(N3CCCC(C)C3)CC2)cn1. The van der Waals surface area contributed by atoms with Crippen LogP contribution in [0.5, 0.6) is 5.88 Å². The van der Waals surface area contributed by atoms with Crippen molar-refractivity contribution in [1.29, 1.82) is 0 Å². The molecule has 1 saturated carbocycles. The number of methoxy groups -OCH3 is 1. The zero-order chi connectivity index (χ0) is 15.6. The lowest BCUT2D eigenvalue weighted by atomic mass is 9.77. The van der Waals surface area contributed by atoms with Crippen LogP contribution in [0.3, 0.4) is 0 Å². The van der Waals surface area contributed by atoms with Crippen LogP contribution in [0.25, 0.3) is 0 Å². The molecule has 2 aliphatic rings.